The van der Waals surface area contributed by atoms with Gasteiger partial charge < -0.3 is 25.2 Å². The summed E-state index contributed by atoms with van der Waals surface area (Å²) in [6.07, 6.45) is 69.7. The molecule has 0 radical (unpaired) electrons. The van der Waals surface area contributed by atoms with Crippen LogP contribution in [0.5, 0.6) is 0 Å². The number of hydrogen-bond acceptors (Lipinski definition) is 12. The van der Waals surface area contributed by atoms with Gasteiger partial charge >= 0.3 is 5.97 Å². The maximum atomic E-state index is 13.0. The molecule has 0 aromatic heterocycles. The first-order chi connectivity index (χ1) is 44.7. The number of aliphatic hydroxyl groups is 4. The van der Waals surface area contributed by atoms with Gasteiger partial charge in [-0.25, -0.2) is 0 Å². The molecule has 0 aromatic carbocycles. The molecule has 1 fully saturated rings. The minimum atomic E-state index is -0.429. The third-order valence-electron chi connectivity index (χ3n) is 19.0. The molecule has 2 unspecified atom stereocenters. The lowest BCUT2D eigenvalue weighted by Gasteiger charge is -2.34. The van der Waals surface area contributed by atoms with Gasteiger partial charge in [-0.2, -0.15) is 0 Å². The molecule has 0 amide bonds. The number of rotatable bonds is 73. The standard InChI is InChI=1S/C79H156N4O6S2/c1-5-9-13-17-21-25-29-31-33-35-39-43-47-49-55-75(84)71-82(72-76(85)56-50-48-44-40-36-34-32-30-26-22-18-14-10-6-2)60-53-59-79(88)89-68-66-80-62-64-81(65-63-80)67-70-91-90-69-54-61-83(73-77(86)57-51-45-41-37-27-23-19-15-11-7-3)74-78(87)58-52-46-42-38-28-24-20-16-12-8-4/h31-34,75-78,84-87H,5-30,35-74H2,1-4H3/b33-31-,34-32-/t75-,76-,77?,78?/m1/s1. The van der Waals surface area contributed by atoms with Crippen LogP contribution in [0, 0.1) is 0 Å². The van der Waals surface area contributed by atoms with Crippen molar-refractivity contribution < 1.29 is 30.0 Å². The molecular formula is C79H156N4O6S2. The summed E-state index contributed by atoms with van der Waals surface area (Å²) in [6.45, 7) is 19.5. The fourth-order valence-electron chi connectivity index (χ4n) is 13.0. The third-order valence-corrected chi connectivity index (χ3v) is 21.5. The second-order valence-corrected chi connectivity index (χ2v) is 30.8. The largest absolute Gasteiger partial charge is 0.464 e. The predicted octanol–water partition coefficient (Wildman–Crippen LogP) is 20.7. The zero-order valence-electron chi connectivity index (χ0n) is 61.0. The summed E-state index contributed by atoms with van der Waals surface area (Å²) in [4.78, 5) is 22.6. The number of esters is 1. The Morgan fingerprint density at radius 1 is 0.363 bits per heavy atom. The third kappa shape index (κ3) is 63.8. The molecule has 4 N–H and O–H groups in total. The van der Waals surface area contributed by atoms with Crippen molar-refractivity contribution in [1.82, 2.24) is 19.6 Å². The summed E-state index contributed by atoms with van der Waals surface area (Å²) in [7, 11) is 3.95. The molecule has 0 aromatic rings. The van der Waals surface area contributed by atoms with Crippen LogP contribution in [0.15, 0.2) is 24.3 Å². The van der Waals surface area contributed by atoms with E-state index in [1.165, 1.54) is 231 Å². The second-order valence-electron chi connectivity index (χ2n) is 28.1. The monoisotopic (exact) mass is 1320 g/mol. The molecule has 1 saturated heterocycles. The number of allylic oxidation sites excluding steroid dienone is 4. The Morgan fingerprint density at radius 3 is 0.967 bits per heavy atom. The molecule has 91 heavy (non-hydrogen) atoms. The zero-order chi connectivity index (χ0) is 65.8. The summed E-state index contributed by atoms with van der Waals surface area (Å²) in [5.74, 6) is 2.04. The van der Waals surface area contributed by atoms with E-state index in [-0.39, 0.29) is 18.2 Å². The molecule has 0 saturated carbocycles. The molecule has 1 aliphatic rings. The highest BCUT2D eigenvalue weighted by molar-refractivity contribution is 8.76. The van der Waals surface area contributed by atoms with Crippen molar-refractivity contribution in [2.75, 3.05) is 96.6 Å². The lowest BCUT2D eigenvalue weighted by molar-refractivity contribution is -0.144. The predicted molar refractivity (Wildman–Crippen MR) is 402 cm³/mol. The van der Waals surface area contributed by atoms with Crippen LogP contribution in [0.3, 0.4) is 0 Å². The molecular weight excluding hydrogens is 1170 g/mol. The lowest BCUT2D eigenvalue weighted by Crippen LogP contribution is -2.47. The fraction of sp³-hybridized carbons (Fsp3) is 0.937. The second kappa shape index (κ2) is 70.6. The Labute approximate surface area is 574 Å². The number of piperazine rings is 1. The molecule has 540 valence electrons. The molecule has 10 nitrogen and oxygen atoms in total. The van der Waals surface area contributed by atoms with Crippen molar-refractivity contribution in [3.8, 4) is 0 Å². The smallest absolute Gasteiger partial charge is 0.305 e. The van der Waals surface area contributed by atoms with Crippen molar-refractivity contribution in [3.05, 3.63) is 24.3 Å². The highest BCUT2D eigenvalue weighted by Crippen LogP contribution is 2.24. The van der Waals surface area contributed by atoms with Gasteiger partial charge in [-0.1, -0.05) is 305 Å². The van der Waals surface area contributed by atoms with Crippen molar-refractivity contribution in [3.63, 3.8) is 0 Å². The molecule has 0 bridgehead atoms. The van der Waals surface area contributed by atoms with Crippen LogP contribution < -0.4 is 0 Å². The normalized spacial score (nSPS) is 14.9. The minimum Gasteiger partial charge on any atom is -0.464 e. The number of hydrogen-bond donors (Lipinski definition) is 4. The fourth-order valence-corrected chi connectivity index (χ4v) is 15.1. The van der Waals surface area contributed by atoms with E-state index >= 15 is 0 Å². The van der Waals surface area contributed by atoms with Crippen molar-refractivity contribution in [2.24, 2.45) is 0 Å². The van der Waals surface area contributed by atoms with Gasteiger partial charge in [-0.3, -0.25) is 24.4 Å². The lowest BCUT2D eigenvalue weighted by atomic mass is 10.0. The molecule has 4 atom stereocenters. The Bertz CT molecular complexity index is 1450. The number of carbonyl (C=O) groups excluding carboxylic acids is 1. The highest BCUT2D eigenvalue weighted by atomic mass is 33.1. The van der Waals surface area contributed by atoms with Gasteiger partial charge in [0.15, 0.2) is 0 Å². The van der Waals surface area contributed by atoms with Crippen molar-refractivity contribution in [2.45, 2.75) is 380 Å². The highest BCUT2D eigenvalue weighted by Gasteiger charge is 2.20. The molecule has 0 spiro atoms. The topological polar surface area (TPSA) is 120 Å². The summed E-state index contributed by atoms with van der Waals surface area (Å²) in [5.41, 5.74) is 0. The zero-order valence-corrected chi connectivity index (χ0v) is 62.6. The first-order valence-electron chi connectivity index (χ1n) is 40.0. The van der Waals surface area contributed by atoms with Crippen LogP contribution in [0.1, 0.15) is 355 Å². The molecule has 1 heterocycles. The minimum absolute atomic E-state index is 0.147. The maximum absolute atomic E-state index is 13.0. The maximum Gasteiger partial charge on any atom is 0.305 e. The molecule has 12 heteroatoms. The van der Waals surface area contributed by atoms with Gasteiger partial charge in [0.05, 0.1) is 24.4 Å². The number of ether oxygens (including phenoxy) is 1. The van der Waals surface area contributed by atoms with Crippen LogP contribution in [0.2, 0.25) is 0 Å². The van der Waals surface area contributed by atoms with Gasteiger partial charge in [0.1, 0.15) is 6.61 Å². The molecule has 1 rings (SSSR count). The molecule has 1 aliphatic heterocycles. The Balaban J connectivity index is 2.44. The van der Waals surface area contributed by atoms with Crippen LogP contribution in [0.4, 0.5) is 0 Å². The van der Waals surface area contributed by atoms with E-state index in [9.17, 15) is 25.2 Å². The number of nitrogens with zero attached hydrogens (tertiary/aromatic N) is 4. The van der Waals surface area contributed by atoms with E-state index in [2.05, 4.69) is 71.6 Å². The average Bonchev–Trinajstić information content (AvgIpc) is 3.71. The van der Waals surface area contributed by atoms with Gasteiger partial charge in [-0.05, 0) is 103 Å². The van der Waals surface area contributed by atoms with Crippen molar-refractivity contribution >= 4 is 27.6 Å². The van der Waals surface area contributed by atoms with Gasteiger partial charge in [0.25, 0.3) is 0 Å². The van der Waals surface area contributed by atoms with Crippen LogP contribution in [-0.2, 0) is 9.53 Å². The van der Waals surface area contributed by atoms with Gasteiger partial charge in [0, 0.05) is 83.4 Å². The quantitative estimate of drug-likeness (QED) is 0.0201. The van der Waals surface area contributed by atoms with Crippen LogP contribution >= 0.6 is 21.6 Å². The number of carbonyl (C=O) groups is 1. The SMILES string of the molecule is CCCCCCCC/C=C\CCCCCC[C@@H](O)CN(CCCC(=O)OCCN1CCN(CCSSCCCN(CC(O)CCCCCCCCCCCC)CC(O)CCCCCCCCCCCC)CC1)C[C@H](O)CCCCCC/C=C\CCCCCCCC. The van der Waals surface area contributed by atoms with E-state index in [1.807, 2.05) is 21.6 Å². The van der Waals surface area contributed by atoms with E-state index in [4.69, 9.17) is 4.74 Å². The van der Waals surface area contributed by atoms with Crippen molar-refractivity contribution in [1.29, 1.82) is 0 Å². The van der Waals surface area contributed by atoms with Crippen LogP contribution in [0.25, 0.3) is 0 Å². The summed E-state index contributed by atoms with van der Waals surface area (Å²) in [5, 5.41) is 44.6. The first-order valence-corrected chi connectivity index (χ1v) is 42.5. The number of aliphatic hydroxyl groups excluding tert-OH is 4. The summed E-state index contributed by atoms with van der Waals surface area (Å²) < 4.78 is 5.78. The average molecular weight is 1320 g/mol. The molecule has 0 aliphatic carbocycles. The number of unbranched alkanes of at least 4 members (excludes halogenated alkanes) is 38. The van der Waals surface area contributed by atoms with E-state index < -0.39 is 12.2 Å². The van der Waals surface area contributed by atoms with Crippen LogP contribution in [-0.4, -0.2) is 167 Å². The van der Waals surface area contributed by atoms with Gasteiger partial charge in [0.2, 0.25) is 0 Å². The Hall–Kier alpha value is -0.670. The van der Waals surface area contributed by atoms with E-state index in [1.54, 1.807) is 0 Å². The van der Waals surface area contributed by atoms with Gasteiger partial charge in [-0.15, -0.1) is 0 Å². The summed E-state index contributed by atoms with van der Waals surface area (Å²) >= 11 is 0. The van der Waals surface area contributed by atoms with E-state index in [0.717, 1.165) is 141 Å². The first kappa shape index (κ1) is 88.3. The Kier molecular flexibility index (Phi) is 68.6. The van der Waals surface area contributed by atoms with E-state index in [0.29, 0.717) is 52.2 Å². The summed E-state index contributed by atoms with van der Waals surface area (Å²) in [6, 6.07) is 0. The Morgan fingerprint density at radius 2 is 0.637 bits per heavy atom.